The van der Waals surface area contributed by atoms with E-state index in [1.807, 2.05) is 26.8 Å². The fourth-order valence-corrected chi connectivity index (χ4v) is 1.54. The predicted octanol–water partition coefficient (Wildman–Crippen LogP) is 2.17. The van der Waals surface area contributed by atoms with E-state index in [4.69, 9.17) is 5.73 Å². The van der Waals surface area contributed by atoms with E-state index >= 15 is 0 Å². The third-order valence-corrected chi connectivity index (χ3v) is 2.52. The molecule has 0 saturated carbocycles. The second-order valence-corrected chi connectivity index (χ2v) is 4.18. The van der Waals surface area contributed by atoms with Crippen LogP contribution in [0.2, 0.25) is 0 Å². The van der Waals surface area contributed by atoms with Gasteiger partial charge >= 0.3 is 0 Å². The summed E-state index contributed by atoms with van der Waals surface area (Å²) >= 11 is 0. The molecular formula is C12H17NO2. The Morgan fingerprint density at radius 1 is 1.40 bits per heavy atom. The Morgan fingerprint density at radius 2 is 2.00 bits per heavy atom. The van der Waals surface area contributed by atoms with Gasteiger partial charge in [-0.3, -0.25) is 4.79 Å². The first-order valence-electron chi connectivity index (χ1n) is 5.01. The summed E-state index contributed by atoms with van der Waals surface area (Å²) in [6.07, 6.45) is 0.652. The number of hydrogen-bond acceptors (Lipinski definition) is 3. The number of carbonyl (C=O) groups is 1. The Balaban J connectivity index is 3.28. The molecule has 0 aromatic heterocycles. The highest BCUT2D eigenvalue weighted by Gasteiger charge is 2.17. The van der Waals surface area contributed by atoms with Crippen LogP contribution in [0.1, 0.15) is 41.4 Å². The van der Waals surface area contributed by atoms with Crippen LogP contribution < -0.4 is 5.73 Å². The molecule has 3 nitrogen and oxygen atoms in total. The van der Waals surface area contributed by atoms with Crippen LogP contribution in [0.15, 0.2) is 12.1 Å². The Hall–Kier alpha value is -1.35. The van der Waals surface area contributed by atoms with Crippen molar-refractivity contribution in [1.82, 2.24) is 0 Å². The predicted molar refractivity (Wildman–Crippen MR) is 60.0 cm³/mol. The summed E-state index contributed by atoms with van der Waals surface area (Å²) < 4.78 is 0. The highest BCUT2D eigenvalue weighted by molar-refractivity contribution is 5.80. The Bertz CT molecular complexity index is 372. The molecule has 0 spiro atoms. The lowest BCUT2D eigenvalue weighted by atomic mass is 9.93. The summed E-state index contributed by atoms with van der Waals surface area (Å²) in [6.45, 7) is 5.84. The lowest BCUT2D eigenvalue weighted by molar-refractivity contribution is 0.112. The molecule has 1 aromatic rings. The normalized spacial score (nSPS) is 12.9. The van der Waals surface area contributed by atoms with Gasteiger partial charge in [0.15, 0.2) is 6.29 Å². The molecule has 0 saturated heterocycles. The van der Waals surface area contributed by atoms with Gasteiger partial charge < -0.3 is 10.8 Å². The maximum Gasteiger partial charge on any atom is 0.153 e. The van der Waals surface area contributed by atoms with Crippen molar-refractivity contribution in [3.8, 4) is 5.75 Å². The van der Waals surface area contributed by atoms with E-state index < -0.39 is 0 Å². The summed E-state index contributed by atoms with van der Waals surface area (Å²) in [5, 5.41) is 9.82. The molecular weight excluding hydrogens is 190 g/mol. The number of aromatic hydroxyl groups is 1. The third kappa shape index (κ3) is 2.36. The number of hydrogen-bond donors (Lipinski definition) is 2. The van der Waals surface area contributed by atoms with Crippen LogP contribution in [0, 0.1) is 12.8 Å². The molecule has 1 rings (SSSR count). The number of carbonyl (C=O) groups excluding carboxylic acids is 1. The monoisotopic (exact) mass is 207 g/mol. The average molecular weight is 207 g/mol. The van der Waals surface area contributed by atoms with E-state index in [1.54, 1.807) is 6.07 Å². The van der Waals surface area contributed by atoms with Gasteiger partial charge in [-0.2, -0.15) is 0 Å². The van der Waals surface area contributed by atoms with E-state index in [2.05, 4.69) is 0 Å². The van der Waals surface area contributed by atoms with Gasteiger partial charge in [0.2, 0.25) is 0 Å². The summed E-state index contributed by atoms with van der Waals surface area (Å²) in [7, 11) is 0. The van der Waals surface area contributed by atoms with Gasteiger partial charge in [0.25, 0.3) is 0 Å². The van der Waals surface area contributed by atoms with Gasteiger partial charge in [-0.1, -0.05) is 19.9 Å². The minimum Gasteiger partial charge on any atom is -0.507 e. The second kappa shape index (κ2) is 4.45. The number of rotatable bonds is 3. The molecule has 3 heteroatoms. The maximum atomic E-state index is 10.7. The Labute approximate surface area is 89.9 Å². The number of phenols is 1. The highest BCUT2D eigenvalue weighted by atomic mass is 16.3. The van der Waals surface area contributed by atoms with Crippen LogP contribution in [0.3, 0.4) is 0 Å². The summed E-state index contributed by atoms with van der Waals surface area (Å²) in [4.78, 5) is 10.7. The van der Waals surface area contributed by atoms with Crippen molar-refractivity contribution in [2.75, 3.05) is 0 Å². The SMILES string of the molecule is Cc1cc(C=O)c(O)c([C@@H](N)C(C)C)c1. The third-order valence-electron chi connectivity index (χ3n) is 2.52. The van der Waals surface area contributed by atoms with E-state index in [0.717, 1.165) is 5.56 Å². The standard InChI is InChI=1S/C12H17NO2/c1-7(2)11(13)10-5-8(3)4-9(6-14)12(10)15/h4-7,11,15H,13H2,1-3H3/t11-/m0/s1. The molecule has 15 heavy (non-hydrogen) atoms. The van der Waals surface area contributed by atoms with Crippen LogP contribution in [0.25, 0.3) is 0 Å². The lowest BCUT2D eigenvalue weighted by Gasteiger charge is -2.18. The maximum absolute atomic E-state index is 10.7. The molecule has 82 valence electrons. The summed E-state index contributed by atoms with van der Waals surface area (Å²) in [5.74, 6) is 0.231. The van der Waals surface area contributed by atoms with Gasteiger partial charge in [-0.15, -0.1) is 0 Å². The van der Waals surface area contributed by atoms with Crippen LogP contribution in [-0.4, -0.2) is 11.4 Å². The van der Waals surface area contributed by atoms with E-state index in [-0.39, 0.29) is 17.7 Å². The van der Waals surface area contributed by atoms with Crippen molar-refractivity contribution in [1.29, 1.82) is 0 Å². The van der Waals surface area contributed by atoms with Gasteiger partial charge in [-0.25, -0.2) is 0 Å². The minimum atomic E-state index is -0.247. The van der Waals surface area contributed by atoms with E-state index in [1.165, 1.54) is 0 Å². The minimum absolute atomic E-state index is 0.0109. The molecule has 0 radical (unpaired) electrons. The first-order valence-corrected chi connectivity index (χ1v) is 5.01. The molecule has 0 bridgehead atoms. The smallest absolute Gasteiger partial charge is 0.153 e. The lowest BCUT2D eigenvalue weighted by Crippen LogP contribution is -2.17. The zero-order valence-corrected chi connectivity index (χ0v) is 9.32. The van der Waals surface area contributed by atoms with Crippen molar-refractivity contribution in [3.05, 3.63) is 28.8 Å². The fourth-order valence-electron chi connectivity index (χ4n) is 1.54. The number of phenolic OH excluding ortho intramolecular Hbond substituents is 1. The van der Waals surface area contributed by atoms with Crippen LogP contribution in [0.5, 0.6) is 5.75 Å². The first-order chi connectivity index (χ1) is 6.97. The molecule has 0 aliphatic carbocycles. The van der Waals surface area contributed by atoms with Crippen LogP contribution in [-0.2, 0) is 0 Å². The zero-order valence-electron chi connectivity index (χ0n) is 9.32. The van der Waals surface area contributed by atoms with Crippen LogP contribution >= 0.6 is 0 Å². The fraction of sp³-hybridized carbons (Fsp3) is 0.417. The topological polar surface area (TPSA) is 63.3 Å². The quantitative estimate of drug-likeness (QED) is 0.746. The van der Waals surface area contributed by atoms with Gasteiger partial charge in [0.05, 0.1) is 5.56 Å². The molecule has 0 unspecified atom stereocenters. The van der Waals surface area contributed by atoms with E-state index in [0.29, 0.717) is 17.4 Å². The summed E-state index contributed by atoms with van der Waals surface area (Å²) in [6, 6.07) is 3.23. The van der Waals surface area contributed by atoms with Gasteiger partial charge in [0, 0.05) is 11.6 Å². The van der Waals surface area contributed by atoms with Crippen molar-refractivity contribution >= 4 is 6.29 Å². The highest BCUT2D eigenvalue weighted by Crippen LogP contribution is 2.30. The molecule has 0 amide bonds. The molecule has 0 heterocycles. The van der Waals surface area contributed by atoms with Crippen LogP contribution in [0.4, 0.5) is 0 Å². The molecule has 0 fully saturated rings. The molecule has 1 aromatic carbocycles. The van der Waals surface area contributed by atoms with Gasteiger partial charge in [0.1, 0.15) is 5.75 Å². The molecule has 0 aliphatic rings. The van der Waals surface area contributed by atoms with Crippen molar-refractivity contribution in [2.45, 2.75) is 26.8 Å². The van der Waals surface area contributed by atoms with Crippen molar-refractivity contribution < 1.29 is 9.90 Å². The number of benzene rings is 1. The number of aryl methyl sites for hydroxylation is 1. The number of nitrogens with two attached hydrogens (primary N) is 1. The molecule has 1 atom stereocenters. The molecule has 3 N–H and O–H groups in total. The van der Waals surface area contributed by atoms with Crippen molar-refractivity contribution in [3.63, 3.8) is 0 Å². The summed E-state index contributed by atoms with van der Waals surface area (Å²) in [5.41, 5.74) is 7.84. The zero-order chi connectivity index (χ0) is 11.6. The van der Waals surface area contributed by atoms with E-state index in [9.17, 15) is 9.90 Å². The molecule has 0 aliphatic heterocycles. The van der Waals surface area contributed by atoms with Gasteiger partial charge in [-0.05, 0) is 24.5 Å². The average Bonchev–Trinajstić information content (AvgIpc) is 2.19. The van der Waals surface area contributed by atoms with Crippen molar-refractivity contribution in [2.24, 2.45) is 11.7 Å². The Kier molecular flexibility index (Phi) is 3.48. The number of aldehydes is 1. The Morgan fingerprint density at radius 3 is 2.47 bits per heavy atom. The first kappa shape index (κ1) is 11.7. The second-order valence-electron chi connectivity index (χ2n) is 4.18. The largest absolute Gasteiger partial charge is 0.507 e.